The highest BCUT2D eigenvalue weighted by atomic mass is 16.7. The third kappa shape index (κ3) is 3.42. The van der Waals surface area contributed by atoms with Crippen molar-refractivity contribution in [3.8, 4) is 11.5 Å². The molecule has 1 aromatic carbocycles. The van der Waals surface area contributed by atoms with E-state index in [2.05, 4.69) is 15.6 Å². The second-order valence-corrected chi connectivity index (χ2v) is 6.64. The van der Waals surface area contributed by atoms with Crippen molar-refractivity contribution in [2.75, 3.05) is 6.79 Å². The SMILES string of the molecule is Cc1nn(CCCC(=O)NCc2ccc3c(c2)OCO3)c(=O)c2noc(C)c12. The third-order valence-electron chi connectivity index (χ3n) is 4.63. The molecule has 4 rings (SSSR count). The molecule has 1 aliphatic rings. The first-order valence-corrected chi connectivity index (χ1v) is 9.02. The molecule has 0 radical (unpaired) electrons. The van der Waals surface area contributed by atoms with Gasteiger partial charge in [0.2, 0.25) is 12.7 Å². The molecule has 2 aromatic heterocycles. The molecule has 0 aliphatic carbocycles. The van der Waals surface area contributed by atoms with Crippen LogP contribution in [0.2, 0.25) is 0 Å². The summed E-state index contributed by atoms with van der Waals surface area (Å²) in [7, 11) is 0. The maximum atomic E-state index is 12.4. The summed E-state index contributed by atoms with van der Waals surface area (Å²) in [6.07, 6.45) is 0.773. The van der Waals surface area contributed by atoms with Crippen LogP contribution in [0.1, 0.15) is 29.9 Å². The fraction of sp³-hybridized carbons (Fsp3) is 0.368. The number of carbonyl (C=O) groups is 1. The van der Waals surface area contributed by atoms with Crippen molar-refractivity contribution in [2.24, 2.45) is 0 Å². The molecular weight excluding hydrogens is 364 g/mol. The van der Waals surface area contributed by atoms with Gasteiger partial charge in [-0.25, -0.2) is 4.68 Å². The first kappa shape index (κ1) is 18.0. The van der Waals surface area contributed by atoms with Gasteiger partial charge in [-0.2, -0.15) is 5.10 Å². The number of aromatic nitrogens is 3. The standard InChI is InChI=1S/C19H20N4O5/c1-11-17-12(2)28-22-18(17)19(25)23(21-11)7-3-4-16(24)20-9-13-5-6-14-15(8-13)27-10-26-14/h5-6,8H,3-4,7,9-10H2,1-2H3,(H,20,24). The van der Waals surface area contributed by atoms with E-state index >= 15 is 0 Å². The van der Waals surface area contributed by atoms with Crippen molar-refractivity contribution in [1.82, 2.24) is 20.3 Å². The molecule has 1 amide bonds. The molecule has 9 heteroatoms. The molecule has 0 saturated heterocycles. The van der Waals surface area contributed by atoms with Crippen LogP contribution in [-0.4, -0.2) is 27.6 Å². The van der Waals surface area contributed by atoms with Crippen molar-refractivity contribution in [3.63, 3.8) is 0 Å². The number of hydrogen-bond acceptors (Lipinski definition) is 7. The minimum Gasteiger partial charge on any atom is -0.454 e. The van der Waals surface area contributed by atoms with E-state index in [9.17, 15) is 9.59 Å². The molecule has 3 heterocycles. The lowest BCUT2D eigenvalue weighted by atomic mass is 10.2. The van der Waals surface area contributed by atoms with E-state index in [0.717, 1.165) is 5.56 Å². The Morgan fingerprint density at radius 3 is 2.93 bits per heavy atom. The van der Waals surface area contributed by atoms with Crippen molar-refractivity contribution in [2.45, 2.75) is 39.8 Å². The zero-order valence-corrected chi connectivity index (χ0v) is 15.7. The summed E-state index contributed by atoms with van der Waals surface area (Å²) in [5, 5.41) is 11.6. The number of hydrogen-bond donors (Lipinski definition) is 1. The number of aryl methyl sites for hydroxylation is 3. The second-order valence-electron chi connectivity index (χ2n) is 6.64. The van der Waals surface area contributed by atoms with E-state index in [0.29, 0.717) is 47.8 Å². The van der Waals surface area contributed by atoms with Crippen molar-refractivity contribution in [1.29, 1.82) is 0 Å². The van der Waals surface area contributed by atoms with Gasteiger partial charge >= 0.3 is 0 Å². The predicted octanol–water partition coefficient (Wildman–Crippen LogP) is 1.83. The van der Waals surface area contributed by atoms with Gasteiger partial charge in [0.25, 0.3) is 5.56 Å². The van der Waals surface area contributed by atoms with Crippen LogP contribution in [-0.2, 0) is 17.9 Å². The Hall–Kier alpha value is -3.36. The maximum absolute atomic E-state index is 12.4. The molecule has 0 fully saturated rings. The molecule has 28 heavy (non-hydrogen) atoms. The van der Waals surface area contributed by atoms with Crippen LogP contribution in [0.4, 0.5) is 0 Å². The number of benzene rings is 1. The highest BCUT2D eigenvalue weighted by Crippen LogP contribution is 2.32. The van der Waals surface area contributed by atoms with Crippen molar-refractivity contribution < 1.29 is 18.8 Å². The van der Waals surface area contributed by atoms with Gasteiger partial charge < -0.3 is 19.3 Å². The van der Waals surface area contributed by atoms with E-state index in [1.807, 2.05) is 18.2 Å². The minimum atomic E-state index is -0.307. The average molecular weight is 384 g/mol. The monoisotopic (exact) mass is 384 g/mol. The van der Waals surface area contributed by atoms with Gasteiger partial charge in [-0.05, 0) is 38.0 Å². The van der Waals surface area contributed by atoms with Gasteiger partial charge in [-0.15, -0.1) is 0 Å². The summed E-state index contributed by atoms with van der Waals surface area (Å²) in [5.74, 6) is 1.88. The number of nitrogens with zero attached hydrogens (tertiary/aromatic N) is 3. The molecule has 3 aromatic rings. The lowest BCUT2D eigenvalue weighted by Crippen LogP contribution is -2.26. The quantitative estimate of drug-likeness (QED) is 0.690. The Morgan fingerprint density at radius 1 is 1.25 bits per heavy atom. The Labute approximate surface area is 160 Å². The zero-order valence-electron chi connectivity index (χ0n) is 15.7. The third-order valence-corrected chi connectivity index (χ3v) is 4.63. The lowest BCUT2D eigenvalue weighted by molar-refractivity contribution is -0.121. The van der Waals surface area contributed by atoms with Gasteiger partial charge in [0, 0.05) is 19.5 Å². The number of nitrogens with one attached hydrogen (secondary N) is 1. The summed E-state index contributed by atoms with van der Waals surface area (Å²) in [6.45, 7) is 4.51. The number of carbonyl (C=O) groups excluding carboxylic acids is 1. The first-order valence-electron chi connectivity index (χ1n) is 9.02. The van der Waals surface area contributed by atoms with Crippen LogP contribution in [0.25, 0.3) is 10.9 Å². The van der Waals surface area contributed by atoms with Gasteiger partial charge in [0.05, 0.1) is 11.1 Å². The largest absolute Gasteiger partial charge is 0.454 e. The van der Waals surface area contributed by atoms with Crippen LogP contribution in [0, 0.1) is 13.8 Å². The molecule has 0 unspecified atom stereocenters. The van der Waals surface area contributed by atoms with E-state index in [1.165, 1.54) is 4.68 Å². The van der Waals surface area contributed by atoms with Crippen LogP contribution in [0.5, 0.6) is 11.5 Å². The molecule has 1 aliphatic heterocycles. The second kappa shape index (κ2) is 7.34. The number of fused-ring (bicyclic) bond motifs is 2. The van der Waals surface area contributed by atoms with E-state index in [-0.39, 0.29) is 30.2 Å². The normalized spacial score (nSPS) is 12.5. The van der Waals surface area contributed by atoms with E-state index in [4.69, 9.17) is 14.0 Å². The van der Waals surface area contributed by atoms with Crippen LogP contribution >= 0.6 is 0 Å². The number of rotatable bonds is 6. The summed E-state index contributed by atoms with van der Waals surface area (Å²) in [6, 6.07) is 5.56. The fourth-order valence-electron chi connectivity index (χ4n) is 3.22. The van der Waals surface area contributed by atoms with Gasteiger partial charge in [-0.1, -0.05) is 11.2 Å². The average Bonchev–Trinajstić information content (AvgIpc) is 3.30. The topological polar surface area (TPSA) is 108 Å². The molecule has 146 valence electrons. The maximum Gasteiger partial charge on any atom is 0.296 e. The van der Waals surface area contributed by atoms with E-state index < -0.39 is 0 Å². The fourth-order valence-corrected chi connectivity index (χ4v) is 3.22. The van der Waals surface area contributed by atoms with Gasteiger partial charge in [-0.3, -0.25) is 9.59 Å². The Bertz CT molecular complexity index is 1100. The minimum absolute atomic E-state index is 0.0965. The zero-order chi connectivity index (χ0) is 19.7. The van der Waals surface area contributed by atoms with Gasteiger partial charge in [0.15, 0.2) is 17.0 Å². The van der Waals surface area contributed by atoms with Crippen LogP contribution < -0.4 is 20.3 Å². The molecular formula is C19H20N4O5. The molecule has 9 nitrogen and oxygen atoms in total. The Kier molecular flexibility index (Phi) is 4.72. The van der Waals surface area contributed by atoms with E-state index in [1.54, 1.807) is 13.8 Å². The Morgan fingerprint density at radius 2 is 2.07 bits per heavy atom. The smallest absolute Gasteiger partial charge is 0.296 e. The number of ether oxygens (including phenoxy) is 2. The summed E-state index contributed by atoms with van der Waals surface area (Å²) in [4.78, 5) is 24.5. The summed E-state index contributed by atoms with van der Waals surface area (Å²) < 4.78 is 17.0. The molecule has 0 atom stereocenters. The lowest BCUT2D eigenvalue weighted by Gasteiger charge is -2.08. The Balaban J connectivity index is 1.31. The molecule has 0 saturated carbocycles. The summed E-state index contributed by atoms with van der Waals surface area (Å²) >= 11 is 0. The van der Waals surface area contributed by atoms with Crippen LogP contribution in [0.15, 0.2) is 27.5 Å². The van der Waals surface area contributed by atoms with Gasteiger partial charge in [0.1, 0.15) is 5.76 Å². The molecule has 0 spiro atoms. The molecule has 0 bridgehead atoms. The highest BCUT2D eigenvalue weighted by molar-refractivity contribution is 5.81. The molecule has 1 N–H and O–H groups in total. The predicted molar refractivity (Wildman–Crippen MR) is 99.2 cm³/mol. The first-order chi connectivity index (χ1) is 13.5. The number of amides is 1. The van der Waals surface area contributed by atoms with Crippen molar-refractivity contribution >= 4 is 16.8 Å². The summed E-state index contributed by atoms with van der Waals surface area (Å²) in [5.41, 5.74) is 1.58. The van der Waals surface area contributed by atoms with Crippen LogP contribution in [0.3, 0.4) is 0 Å². The van der Waals surface area contributed by atoms with Crippen molar-refractivity contribution in [3.05, 3.63) is 45.6 Å². The highest BCUT2D eigenvalue weighted by Gasteiger charge is 2.16.